The molecule has 86 valence electrons. The highest BCUT2D eigenvalue weighted by molar-refractivity contribution is 9.10. The van der Waals surface area contributed by atoms with Gasteiger partial charge < -0.3 is 4.57 Å². The molecule has 0 atom stereocenters. The molecule has 0 saturated carbocycles. The van der Waals surface area contributed by atoms with Crippen molar-refractivity contribution < 1.29 is 4.39 Å². The highest BCUT2D eigenvalue weighted by Crippen LogP contribution is 2.24. The van der Waals surface area contributed by atoms with Crippen LogP contribution >= 0.6 is 15.9 Å². The second-order valence-electron chi connectivity index (χ2n) is 3.83. The molecule has 0 fully saturated rings. The highest BCUT2D eigenvalue weighted by Gasteiger charge is 2.13. The number of nitrogens with zero attached hydrogens (tertiary/aromatic N) is 2. The molecule has 2 aromatic rings. The Labute approximate surface area is 107 Å². The summed E-state index contributed by atoms with van der Waals surface area (Å²) in [4.78, 5) is 0. The molecule has 1 aromatic carbocycles. The molecule has 4 heteroatoms. The van der Waals surface area contributed by atoms with Gasteiger partial charge in [0, 0.05) is 15.9 Å². The summed E-state index contributed by atoms with van der Waals surface area (Å²) < 4.78 is 16.3. The van der Waals surface area contributed by atoms with Gasteiger partial charge in [-0.2, -0.15) is 5.26 Å². The van der Waals surface area contributed by atoms with Gasteiger partial charge in [-0.1, -0.05) is 15.9 Å². The van der Waals surface area contributed by atoms with Crippen molar-refractivity contribution in [3.63, 3.8) is 0 Å². The molecule has 0 unspecified atom stereocenters. The van der Waals surface area contributed by atoms with Crippen LogP contribution in [0, 0.1) is 31.0 Å². The van der Waals surface area contributed by atoms with E-state index in [-0.39, 0.29) is 5.82 Å². The maximum Gasteiger partial charge on any atom is 0.148 e. The van der Waals surface area contributed by atoms with Crippen molar-refractivity contribution in [1.82, 2.24) is 4.57 Å². The van der Waals surface area contributed by atoms with Crippen LogP contribution in [0.3, 0.4) is 0 Å². The lowest BCUT2D eigenvalue weighted by Crippen LogP contribution is -2.02. The van der Waals surface area contributed by atoms with Gasteiger partial charge in [-0.05, 0) is 38.1 Å². The Morgan fingerprint density at radius 1 is 1.29 bits per heavy atom. The summed E-state index contributed by atoms with van der Waals surface area (Å²) in [6.07, 6.45) is 0. The zero-order valence-corrected chi connectivity index (χ0v) is 11.0. The molecule has 1 aromatic heterocycles. The molecule has 0 N–H and O–H groups in total. The van der Waals surface area contributed by atoms with Gasteiger partial charge in [0.2, 0.25) is 0 Å². The molecule has 0 aliphatic rings. The van der Waals surface area contributed by atoms with E-state index in [2.05, 4.69) is 22.0 Å². The van der Waals surface area contributed by atoms with Crippen LogP contribution in [0.1, 0.15) is 17.0 Å². The van der Waals surface area contributed by atoms with Gasteiger partial charge in [0.15, 0.2) is 0 Å². The SMILES string of the molecule is Cc1cc(C#N)c(C)n1-c1ccc(Br)cc1F. The number of halogens is 2. The minimum Gasteiger partial charge on any atom is -0.314 e. The van der Waals surface area contributed by atoms with E-state index in [9.17, 15) is 4.39 Å². The third-order valence-corrected chi connectivity index (χ3v) is 3.20. The molecule has 0 saturated heterocycles. The molecular weight excluding hydrogens is 283 g/mol. The first kappa shape index (κ1) is 11.9. The molecular formula is C13H10BrFN2. The van der Waals surface area contributed by atoms with Crippen molar-refractivity contribution in [2.45, 2.75) is 13.8 Å². The minimum atomic E-state index is -0.314. The van der Waals surface area contributed by atoms with Crippen molar-refractivity contribution in [3.05, 3.63) is 51.5 Å². The topological polar surface area (TPSA) is 28.7 Å². The van der Waals surface area contributed by atoms with Crippen LogP contribution in [0.2, 0.25) is 0 Å². The number of hydrogen-bond acceptors (Lipinski definition) is 1. The summed E-state index contributed by atoms with van der Waals surface area (Å²) in [6, 6.07) is 8.76. The van der Waals surface area contributed by atoms with E-state index in [1.165, 1.54) is 6.07 Å². The van der Waals surface area contributed by atoms with Crippen LogP contribution in [-0.4, -0.2) is 4.57 Å². The predicted molar refractivity (Wildman–Crippen MR) is 67.6 cm³/mol. The largest absolute Gasteiger partial charge is 0.314 e. The van der Waals surface area contributed by atoms with Gasteiger partial charge in [-0.25, -0.2) is 4.39 Å². The van der Waals surface area contributed by atoms with E-state index < -0.39 is 0 Å². The zero-order valence-electron chi connectivity index (χ0n) is 9.46. The van der Waals surface area contributed by atoms with E-state index in [0.717, 1.165) is 11.4 Å². The molecule has 17 heavy (non-hydrogen) atoms. The smallest absolute Gasteiger partial charge is 0.148 e. The Morgan fingerprint density at radius 3 is 2.53 bits per heavy atom. The highest BCUT2D eigenvalue weighted by atomic mass is 79.9. The molecule has 0 aliphatic carbocycles. The molecule has 0 spiro atoms. The van der Waals surface area contributed by atoms with Gasteiger partial charge in [0.05, 0.1) is 11.3 Å². The molecule has 2 nitrogen and oxygen atoms in total. The van der Waals surface area contributed by atoms with Crippen LogP contribution in [0.5, 0.6) is 0 Å². The van der Waals surface area contributed by atoms with Gasteiger partial charge >= 0.3 is 0 Å². The van der Waals surface area contributed by atoms with E-state index in [1.54, 1.807) is 22.8 Å². The normalized spacial score (nSPS) is 10.3. The Hall–Kier alpha value is -1.60. The van der Waals surface area contributed by atoms with Gasteiger partial charge in [-0.15, -0.1) is 0 Å². The lowest BCUT2D eigenvalue weighted by molar-refractivity contribution is 0.615. The van der Waals surface area contributed by atoms with Gasteiger partial charge in [0.25, 0.3) is 0 Å². The molecule has 0 aliphatic heterocycles. The van der Waals surface area contributed by atoms with E-state index in [4.69, 9.17) is 5.26 Å². The number of benzene rings is 1. The molecule has 1 heterocycles. The minimum absolute atomic E-state index is 0.314. The number of nitriles is 1. The van der Waals surface area contributed by atoms with Crippen molar-refractivity contribution in [2.75, 3.05) is 0 Å². The number of aromatic nitrogens is 1. The second-order valence-corrected chi connectivity index (χ2v) is 4.74. The summed E-state index contributed by atoms with van der Waals surface area (Å²) >= 11 is 3.22. The quantitative estimate of drug-likeness (QED) is 0.784. The van der Waals surface area contributed by atoms with Crippen molar-refractivity contribution in [1.29, 1.82) is 5.26 Å². The third kappa shape index (κ3) is 1.98. The fraction of sp³-hybridized carbons (Fsp3) is 0.154. The Bertz CT molecular complexity index is 623. The number of rotatable bonds is 1. The van der Waals surface area contributed by atoms with Crippen molar-refractivity contribution in [2.24, 2.45) is 0 Å². The summed E-state index contributed by atoms with van der Waals surface area (Å²) in [5.41, 5.74) is 2.64. The van der Waals surface area contributed by atoms with Gasteiger partial charge in [0.1, 0.15) is 11.9 Å². The molecule has 0 bridgehead atoms. The second kappa shape index (κ2) is 4.34. The van der Waals surface area contributed by atoms with Crippen LogP contribution in [-0.2, 0) is 0 Å². The number of hydrogen-bond donors (Lipinski definition) is 0. The molecule has 0 amide bonds. The van der Waals surface area contributed by atoms with E-state index >= 15 is 0 Å². The first-order valence-electron chi connectivity index (χ1n) is 5.09. The number of aryl methyl sites for hydroxylation is 1. The average Bonchev–Trinajstić information content (AvgIpc) is 2.55. The predicted octanol–water partition coefficient (Wildman–Crippen LogP) is 3.87. The molecule has 0 radical (unpaired) electrons. The maximum absolute atomic E-state index is 13.9. The lowest BCUT2D eigenvalue weighted by Gasteiger charge is -2.10. The van der Waals surface area contributed by atoms with Gasteiger partial charge in [-0.3, -0.25) is 0 Å². The van der Waals surface area contributed by atoms with Crippen LogP contribution < -0.4 is 0 Å². The third-order valence-electron chi connectivity index (χ3n) is 2.70. The van der Waals surface area contributed by atoms with Crippen LogP contribution in [0.25, 0.3) is 5.69 Å². The summed E-state index contributed by atoms with van der Waals surface area (Å²) in [5.74, 6) is -0.314. The summed E-state index contributed by atoms with van der Waals surface area (Å²) in [7, 11) is 0. The van der Waals surface area contributed by atoms with E-state index in [1.807, 2.05) is 13.8 Å². The summed E-state index contributed by atoms with van der Waals surface area (Å²) in [5, 5.41) is 8.95. The Morgan fingerprint density at radius 2 is 2.00 bits per heavy atom. The fourth-order valence-electron chi connectivity index (χ4n) is 1.91. The Balaban J connectivity index is 2.69. The summed E-state index contributed by atoms with van der Waals surface area (Å²) in [6.45, 7) is 3.67. The van der Waals surface area contributed by atoms with E-state index in [0.29, 0.717) is 15.7 Å². The maximum atomic E-state index is 13.9. The monoisotopic (exact) mass is 292 g/mol. The Kier molecular flexibility index (Phi) is 3.03. The first-order valence-corrected chi connectivity index (χ1v) is 5.88. The van der Waals surface area contributed by atoms with Crippen molar-refractivity contribution >= 4 is 15.9 Å². The zero-order chi connectivity index (χ0) is 12.6. The standard InChI is InChI=1S/C13H10BrFN2/c1-8-5-10(7-16)9(2)17(8)13-4-3-11(14)6-12(13)15/h3-6H,1-2H3. The van der Waals surface area contributed by atoms with Crippen LogP contribution in [0.15, 0.2) is 28.7 Å². The van der Waals surface area contributed by atoms with Crippen molar-refractivity contribution in [3.8, 4) is 11.8 Å². The molecule has 2 rings (SSSR count). The average molecular weight is 293 g/mol. The fourth-order valence-corrected chi connectivity index (χ4v) is 2.24. The van der Waals surface area contributed by atoms with Crippen LogP contribution in [0.4, 0.5) is 4.39 Å². The lowest BCUT2D eigenvalue weighted by atomic mass is 10.2. The first-order chi connectivity index (χ1) is 8.04.